The third-order valence-corrected chi connectivity index (χ3v) is 2.71. The summed E-state index contributed by atoms with van der Waals surface area (Å²) in [6, 6.07) is 4.83. The lowest BCUT2D eigenvalue weighted by Gasteiger charge is -2.04. The molecule has 0 atom stereocenters. The van der Waals surface area contributed by atoms with Crippen LogP contribution in [0.15, 0.2) is 30.5 Å². The summed E-state index contributed by atoms with van der Waals surface area (Å²) in [7, 11) is 1.44. The van der Waals surface area contributed by atoms with Gasteiger partial charge >= 0.3 is 5.97 Å². The highest BCUT2D eigenvalue weighted by Crippen LogP contribution is 2.24. The molecular formula is C12H10N4O5. The summed E-state index contributed by atoms with van der Waals surface area (Å²) in [5.74, 6) is -1.70. The van der Waals surface area contributed by atoms with Gasteiger partial charge in [0.1, 0.15) is 5.69 Å². The molecule has 0 fully saturated rings. The van der Waals surface area contributed by atoms with E-state index in [1.54, 1.807) is 0 Å². The SMILES string of the molecule is CNC(=O)c1ccn(-c2ccc(C(=O)O)cc2[N+](=O)[O-])n1. The summed E-state index contributed by atoms with van der Waals surface area (Å²) in [6.07, 6.45) is 1.38. The second kappa shape index (κ2) is 5.41. The highest BCUT2D eigenvalue weighted by Gasteiger charge is 2.20. The second-order valence-corrected chi connectivity index (χ2v) is 3.99. The Morgan fingerprint density at radius 2 is 2.10 bits per heavy atom. The van der Waals surface area contributed by atoms with Crippen LogP contribution < -0.4 is 5.32 Å². The maximum Gasteiger partial charge on any atom is 0.335 e. The number of aromatic carboxylic acids is 1. The molecule has 1 aromatic heterocycles. The largest absolute Gasteiger partial charge is 0.478 e. The van der Waals surface area contributed by atoms with Gasteiger partial charge in [-0.1, -0.05) is 0 Å². The van der Waals surface area contributed by atoms with Gasteiger partial charge in [0, 0.05) is 19.3 Å². The molecule has 0 unspecified atom stereocenters. The van der Waals surface area contributed by atoms with E-state index in [4.69, 9.17) is 5.11 Å². The first-order chi connectivity index (χ1) is 9.93. The normalized spacial score (nSPS) is 10.1. The average molecular weight is 290 g/mol. The number of aromatic nitrogens is 2. The Morgan fingerprint density at radius 3 is 2.67 bits per heavy atom. The van der Waals surface area contributed by atoms with E-state index < -0.39 is 22.5 Å². The fourth-order valence-corrected chi connectivity index (χ4v) is 1.70. The number of nitro groups is 1. The van der Waals surface area contributed by atoms with Gasteiger partial charge in [-0.25, -0.2) is 9.48 Å². The van der Waals surface area contributed by atoms with Crippen LogP contribution in [0.25, 0.3) is 5.69 Å². The molecule has 2 rings (SSSR count). The van der Waals surface area contributed by atoms with Gasteiger partial charge in [0.25, 0.3) is 11.6 Å². The van der Waals surface area contributed by atoms with Gasteiger partial charge in [0.05, 0.1) is 10.5 Å². The first kappa shape index (κ1) is 14.2. The van der Waals surface area contributed by atoms with Crippen molar-refractivity contribution in [3.05, 3.63) is 51.8 Å². The Morgan fingerprint density at radius 1 is 1.38 bits per heavy atom. The number of hydrogen-bond donors (Lipinski definition) is 2. The van der Waals surface area contributed by atoms with Crippen molar-refractivity contribution in [3.8, 4) is 5.69 Å². The average Bonchev–Trinajstić information content (AvgIpc) is 2.95. The van der Waals surface area contributed by atoms with Crippen molar-refractivity contribution in [3.63, 3.8) is 0 Å². The number of carboxylic acids is 1. The molecule has 0 spiro atoms. The number of nitro benzene ring substituents is 1. The Hall–Kier alpha value is -3.23. The molecule has 2 aromatic rings. The van der Waals surface area contributed by atoms with E-state index >= 15 is 0 Å². The van der Waals surface area contributed by atoms with E-state index in [1.165, 1.54) is 31.4 Å². The summed E-state index contributed by atoms with van der Waals surface area (Å²) < 4.78 is 1.15. The zero-order valence-corrected chi connectivity index (χ0v) is 10.8. The van der Waals surface area contributed by atoms with Gasteiger partial charge in [-0.2, -0.15) is 5.10 Å². The van der Waals surface area contributed by atoms with Crippen LogP contribution in [0.3, 0.4) is 0 Å². The number of nitrogens with one attached hydrogen (secondary N) is 1. The van der Waals surface area contributed by atoms with Crippen LogP contribution in [0.2, 0.25) is 0 Å². The molecule has 9 nitrogen and oxygen atoms in total. The number of benzene rings is 1. The predicted octanol–water partition coefficient (Wildman–Crippen LogP) is 0.838. The zero-order chi connectivity index (χ0) is 15.6. The van der Waals surface area contributed by atoms with Gasteiger partial charge in [-0.15, -0.1) is 0 Å². The van der Waals surface area contributed by atoms with Gasteiger partial charge in [-0.3, -0.25) is 14.9 Å². The predicted molar refractivity (Wildman–Crippen MR) is 70.6 cm³/mol. The van der Waals surface area contributed by atoms with Crippen molar-refractivity contribution >= 4 is 17.6 Å². The van der Waals surface area contributed by atoms with Crippen molar-refractivity contribution in [2.24, 2.45) is 0 Å². The van der Waals surface area contributed by atoms with Crippen molar-refractivity contribution in [2.45, 2.75) is 0 Å². The van der Waals surface area contributed by atoms with Gasteiger partial charge in [-0.05, 0) is 18.2 Å². The van der Waals surface area contributed by atoms with E-state index in [-0.39, 0.29) is 16.9 Å². The van der Waals surface area contributed by atoms with Crippen LogP contribution in [0.5, 0.6) is 0 Å². The lowest BCUT2D eigenvalue weighted by molar-refractivity contribution is -0.384. The van der Waals surface area contributed by atoms with E-state index in [0.717, 1.165) is 10.7 Å². The number of amides is 1. The van der Waals surface area contributed by atoms with E-state index in [0.29, 0.717) is 0 Å². The Bertz CT molecular complexity index is 737. The molecule has 9 heteroatoms. The molecule has 0 radical (unpaired) electrons. The molecule has 0 aliphatic carbocycles. The topological polar surface area (TPSA) is 127 Å². The minimum absolute atomic E-state index is 0.0696. The number of carbonyl (C=O) groups excluding carboxylic acids is 1. The van der Waals surface area contributed by atoms with E-state index in [1.807, 2.05) is 0 Å². The smallest absolute Gasteiger partial charge is 0.335 e. The molecule has 0 bridgehead atoms. The summed E-state index contributed by atoms with van der Waals surface area (Å²) in [6.45, 7) is 0. The van der Waals surface area contributed by atoms with Crippen LogP contribution in [0, 0.1) is 10.1 Å². The fraction of sp³-hybridized carbons (Fsp3) is 0.0833. The van der Waals surface area contributed by atoms with Crippen molar-refractivity contribution in [1.82, 2.24) is 15.1 Å². The summed E-state index contributed by atoms with van der Waals surface area (Å²) in [5.41, 5.74) is -0.458. The monoisotopic (exact) mass is 290 g/mol. The minimum Gasteiger partial charge on any atom is -0.478 e. The first-order valence-corrected chi connectivity index (χ1v) is 5.74. The maximum atomic E-state index is 11.4. The quantitative estimate of drug-likeness (QED) is 0.634. The summed E-state index contributed by atoms with van der Waals surface area (Å²) >= 11 is 0. The standard InChI is InChI=1S/C12H10N4O5/c1-13-11(17)8-4-5-15(14-8)9-3-2-7(12(18)19)6-10(9)16(20)21/h2-6H,1H3,(H,13,17)(H,18,19). The molecule has 2 N–H and O–H groups in total. The number of hydrogen-bond acceptors (Lipinski definition) is 5. The Balaban J connectivity index is 2.53. The van der Waals surface area contributed by atoms with Crippen LogP contribution >= 0.6 is 0 Å². The van der Waals surface area contributed by atoms with Crippen LogP contribution in [-0.2, 0) is 0 Å². The molecule has 1 heterocycles. The number of carbonyl (C=O) groups is 2. The van der Waals surface area contributed by atoms with E-state index in [2.05, 4.69) is 10.4 Å². The fourth-order valence-electron chi connectivity index (χ4n) is 1.70. The summed E-state index contributed by atoms with van der Waals surface area (Å²) in [5, 5.41) is 26.2. The van der Waals surface area contributed by atoms with E-state index in [9.17, 15) is 19.7 Å². The Labute approximate surface area is 118 Å². The molecular weight excluding hydrogens is 280 g/mol. The first-order valence-electron chi connectivity index (χ1n) is 5.74. The maximum absolute atomic E-state index is 11.4. The van der Waals surface area contributed by atoms with Gasteiger partial charge < -0.3 is 10.4 Å². The highest BCUT2D eigenvalue weighted by molar-refractivity contribution is 5.92. The molecule has 108 valence electrons. The van der Waals surface area contributed by atoms with Crippen molar-refractivity contribution < 1.29 is 19.6 Å². The van der Waals surface area contributed by atoms with Crippen molar-refractivity contribution in [1.29, 1.82) is 0 Å². The third-order valence-electron chi connectivity index (χ3n) is 2.71. The molecule has 1 aromatic carbocycles. The molecule has 0 saturated heterocycles. The lowest BCUT2D eigenvalue weighted by Crippen LogP contribution is -2.18. The highest BCUT2D eigenvalue weighted by atomic mass is 16.6. The number of carboxylic acid groups (broad SMARTS) is 1. The molecule has 21 heavy (non-hydrogen) atoms. The lowest BCUT2D eigenvalue weighted by atomic mass is 10.2. The van der Waals surface area contributed by atoms with Crippen LogP contribution in [0.1, 0.15) is 20.8 Å². The molecule has 0 aliphatic rings. The number of rotatable bonds is 4. The zero-order valence-electron chi connectivity index (χ0n) is 10.8. The second-order valence-electron chi connectivity index (χ2n) is 3.99. The molecule has 1 amide bonds. The number of nitrogens with zero attached hydrogens (tertiary/aromatic N) is 3. The van der Waals surface area contributed by atoms with Crippen LogP contribution in [-0.4, -0.2) is 38.7 Å². The molecule has 0 saturated carbocycles. The minimum atomic E-state index is -1.27. The van der Waals surface area contributed by atoms with Gasteiger partial charge in [0.2, 0.25) is 0 Å². The third kappa shape index (κ3) is 2.71. The molecule has 0 aliphatic heterocycles. The van der Waals surface area contributed by atoms with Crippen molar-refractivity contribution in [2.75, 3.05) is 7.05 Å². The Kier molecular flexibility index (Phi) is 3.65. The van der Waals surface area contributed by atoms with Crippen LogP contribution in [0.4, 0.5) is 5.69 Å². The summed E-state index contributed by atoms with van der Waals surface area (Å²) in [4.78, 5) is 32.6. The van der Waals surface area contributed by atoms with Gasteiger partial charge in [0.15, 0.2) is 5.69 Å².